The number of ether oxygens (including phenoxy) is 1. The molecular formula is C14H20N2O2. The van der Waals surface area contributed by atoms with Gasteiger partial charge in [-0.1, -0.05) is 12.1 Å². The van der Waals surface area contributed by atoms with Crippen LogP contribution in [0.15, 0.2) is 24.3 Å². The minimum absolute atomic E-state index is 0.0381. The minimum Gasteiger partial charge on any atom is -0.399 e. The Morgan fingerprint density at radius 1 is 1.56 bits per heavy atom. The predicted molar refractivity (Wildman–Crippen MR) is 71.3 cm³/mol. The molecule has 0 saturated carbocycles. The zero-order valence-electron chi connectivity index (χ0n) is 10.7. The SMILES string of the molecule is CC(C(=O)NC1CCCOC1)c1cccc(N)c1. The van der Waals surface area contributed by atoms with Crippen LogP contribution >= 0.6 is 0 Å². The molecule has 18 heavy (non-hydrogen) atoms. The Morgan fingerprint density at radius 2 is 2.39 bits per heavy atom. The summed E-state index contributed by atoms with van der Waals surface area (Å²) in [7, 11) is 0. The average molecular weight is 248 g/mol. The van der Waals surface area contributed by atoms with Crippen molar-refractivity contribution in [2.45, 2.75) is 31.7 Å². The number of anilines is 1. The Kier molecular flexibility index (Phi) is 4.20. The lowest BCUT2D eigenvalue weighted by Gasteiger charge is -2.24. The lowest BCUT2D eigenvalue weighted by molar-refractivity contribution is -0.123. The molecule has 1 aliphatic rings. The number of benzene rings is 1. The molecule has 2 atom stereocenters. The molecule has 0 spiro atoms. The van der Waals surface area contributed by atoms with Gasteiger partial charge >= 0.3 is 0 Å². The molecule has 1 amide bonds. The van der Waals surface area contributed by atoms with Crippen LogP contribution in [0.2, 0.25) is 0 Å². The van der Waals surface area contributed by atoms with E-state index in [0.717, 1.165) is 25.0 Å². The quantitative estimate of drug-likeness (QED) is 0.800. The second kappa shape index (κ2) is 5.87. The Morgan fingerprint density at radius 3 is 3.06 bits per heavy atom. The van der Waals surface area contributed by atoms with Crippen molar-refractivity contribution in [2.24, 2.45) is 0 Å². The van der Waals surface area contributed by atoms with Gasteiger partial charge in [0.25, 0.3) is 0 Å². The van der Waals surface area contributed by atoms with Gasteiger partial charge in [0.2, 0.25) is 5.91 Å². The number of carbonyl (C=O) groups is 1. The van der Waals surface area contributed by atoms with Crippen LogP contribution in [0.25, 0.3) is 0 Å². The summed E-state index contributed by atoms with van der Waals surface area (Å²) in [5.74, 6) is -0.147. The van der Waals surface area contributed by atoms with Gasteiger partial charge in [0.05, 0.1) is 18.6 Å². The summed E-state index contributed by atoms with van der Waals surface area (Å²) in [4.78, 5) is 12.1. The molecule has 1 fully saturated rings. The van der Waals surface area contributed by atoms with Crippen LogP contribution < -0.4 is 11.1 Å². The summed E-state index contributed by atoms with van der Waals surface area (Å²) >= 11 is 0. The molecule has 1 aromatic rings. The Balaban J connectivity index is 1.95. The van der Waals surface area contributed by atoms with Gasteiger partial charge in [0, 0.05) is 12.3 Å². The fourth-order valence-corrected chi connectivity index (χ4v) is 2.16. The van der Waals surface area contributed by atoms with Crippen LogP contribution in [0, 0.1) is 0 Å². The van der Waals surface area contributed by atoms with E-state index in [2.05, 4.69) is 5.32 Å². The lowest BCUT2D eigenvalue weighted by atomic mass is 9.99. The van der Waals surface area contributed by atoms with Gasteiger partial charge in [0.1, 0.15) is 0 Å². The van der Waals surface area contributed by atoms with Gasteiger partial charge in [-0.25, -0.2) is 0 Å². The minimum atomic E-state index is -0.185. The van der Waals surface area contributed by atoms with Crippen molar-refractivity contribution < 1.29 is 9.53 Å². The Labute approximate surface area is 108 Å². The van der Waals surface area contributed by atoms with E-state index in [1.165, 1.54) is 0 Å². The van der Waals surface area contributed by atoms with E-state index in [4.69, 9.17) is 10.5 Å². The van der Waals surface area contributed by atoms with Gasteiger partial charge < -0.3 is 15.8 Å². The third-order valence-corrected chi connectivity index (χ3v) is 3.31. The Hall–Kier alpha value is -1.55. The summed E-state index contributed by atoms with van der Waals surface area (Å²) in [6.07, 6.45) is 2.01. The van der Waals surface area contributed by atoms with Crippen molar-refractivity contribution in [2.75, 3.05) is 18.9 Å². The summed E-state index contributed by atoms with van der Waals surface area (Å²) in [6, 6.07) is 7.62. The molecule has 0 aromatic heterocycles. The van der Waals surface area contributed by atoms with Crippen molar-refractivity contribution in [3.05, 3.63) is 29.8 Å². The van der Waals surface area contributed by atoms with Gasteiger partial charge in [-0.05, 0) is 37.5 Å². The highest BCUT2D eigenvalue weighted by Crippen LogP contribution is 2.18. The maximum atomic E-state index is 12.1. The number of rotatable bonds is 3. The normalized spacial score (nSPS) is 21.3. The monoisotopic (exact) mass is 248 g/mol. The van der Waals surface area contributed by atoms with Crippen molar-refractivity contribution in [1.82, 2.24) is 5.32 Å². The van der Waals surface area contributed by atoms with E-state index in [-0.39, 0.29) is 17.9 Å². The third-order valence-electron chi connectivity index (χ3n) is 3.31. The molecule has 4 nitrogen and oxygen atoms in total. The first-order valence-corrected chi connectivity index (χ1v) is 6.40. The second-order valence-electron chi connectivity index (χ2n) is 4.81. The highest BCUT2D eigenvalue weighted by Gasteiger charge is 2.20. The molecule has 4 heteroatoms. The van der Waals surface area contributed by atoms with Crippen LogP contribution in [-0.2, 0) is 9.53 Å². The zero-order valence-corrected chi connectivity index (χ0v) is 10.7. The highest BCUT2D eigenvalue weighted by atomic mass is 16.5. The molecule has 0 bridgehead atoms. The molecule has 0 radical (unpaired) electrons. The number of amides is 1. The maximum Gasteiger partial charge on any atom is 0.227 e. The number of carbonyl (C=O) groups excluding carboxylic acids is 1. The van der Waals surface area contributed by atoms with E-state index in [0.29, 0.717) is 12.3 Å². The predicted octanol–water partition coefficient (Wildman–Crippen LogP) is 1.67. The first-order valence-electron chi connectivity index (χ1n) is 6.40. The van der Waals surface area contributed by atoms with Gasteiger partial charge in [-0.3, -0.25) is 4.79 Å². The number of nitrogens with two attached hydrogens (primary N) is 1. The molecular weight excluding hydrogens is 228 g/mol. The average Bonchev–Trinajstić information content (AvgIpc) is 2.39. The third kappa shape index (κ3) is 3.23. The second-order valence-corrected chi connectivity index (χ2v) is 4.81. The van der Waals surface area contributed by atoms with Crippen LogP contribution in [0.5, 0.6) is 0 Å². The number of hydrogen-bond donors (Lipinski definition) is 2. The largest absolute Gasteiger partial charge is 0.399 e. The van der Waals surface area contributed by atoms with Crippen molar-refractivity contribution in [3.8, 4) is 0 Å². The molecule has 3 N–H and O–H groups in total. The van der Waals surface area contributed by atoms with Crippen LogP contribution in [0.4, 0.5) is 5.69 Å². The van der Waals surface area contributed by atoms with E-state index >= 15 is 0 Å². The smallest absolute Gasteiger partial charge is 0.227 e. The van der Waals surface area contributed by atoms with Crippen LogP contribution in [0.3, 0.4) is 0 Å². The number of nitrogen functional groups attached to an aromatic ring is 1. The zero-order chi connectivity index (χ0) is 13.0. The van der Waals surface area contributed by atoms with Gasteiger partial charge in [0.15, 0.2) is 0 Å². The standard InChI is InChI=1S/C14H20N2O2/c1-10(11-4-2-5-12(15)8-11)14(17)16-13-6-3-7-18-9-13/h2,4-5,8,10,13H,3,6-7,9,15H2,1H3,(H,16,17). The fourth-order valence-electron chi connectivity index (χ4n) is 2.16. The molecule has 1 saturated heterocycles. The van der Waals surface area contributed by atoms with Crippen molar-refractivity contribution >= 4 is 11.6 Å². The molecule has 2 rings (SSSR count). The highest BCUT2D eigenvalue weighted by molar-refractivity contribution is 5.83. The van der Waals surface area contributed by atoms with Crippen molar-refractivity contribution in [1.29, 1.82) is 0 Å². The summed E-state index contributed by atoms with van der Waals surface area (Å²) < 4.78 is 5.35. The summed E-state index contributed by atoms with van der Waals surface area (Å²) in [5, 5.41) is 3.03. The number of hydrogen-bond acceptors (Lipinski definition) is 3. The fraction of sp³-hybridized carbons (Fsp3) is 0.500. The molecule has 1 heterocycles. The lowest BCUT2D eigenvalue weighted by Crippen LogP contribution is -2.42. The van der Waals surface area contributed by atoms with Crippen LogP contribution in [0.1, 0.15) is 31.2 Å². The van der Waals surface area contributed by atoms with E-state index in [9.17, 15) is 4.79 Å². The molecule has 0 aliphatic carbocycles. The van der Waals surface area contributed by atoms with Gasteiger partial charge in [-0.2, -0.15) is 0 Å². The molecule has 1 aliphatic heterocycles. The van der Waals surface area contributed by atoms with Crippen LogP contribution in [-0.4, -0.2) is 25.2 Å². The molecule has 2 unspecified atom stereocenters. The van der Waals surface area contributed by atoms with Gasteiger partial charge in [-0.15, -0.1) is 0 Å². The first kappa shape index (κ1) is 12.9. The Bertz CT molecular complexity index is 414. The first-order chi connectivity index (χ1) is 8.66. The van der Waals surface area contributed by atoms with E-state index < -0.39 is 0 Å². The maximum absolute atomic E-state index is 12.1. The van der Waals surface area contributed by atoms with Crippen molar-refractivity contribution in [3.63, 3.8) is 0 Å². The molecule has 98 valence electrons. The summed E-state index contributed by atoms with van der Waals surface area (Å²) in [6.45, 7) is 3.32. The molecule has 1 aromatic carbocycles. The topological polar surface area (TPSA) is 64.3 Å². The number of nitrogens with one attached hydrogen (secondary N) is 1. The summed E-state index contributed by atoms with van der Waals surface area (Å²) in [5.41, 5.74) is 7.37. The van der Waals surface area contributed by atoms with E-state index in [1.807, 2.05) is 31.2 Å². The van der Waals surface area contributed by atoms with E-state index in [1.54, 1.807) is 0 Å².